The Morgan fingerprint density at radius 1 is 1.25 bits per heavy atom. The molecule has 104 valence electrons. The van der Waals surface area contributed by atoms with Gasteiger partial charge in [0.2, 0.25) is 0 Å². The van der Waals surface area contributed by atoms with Crippen molar-refractivity contribution in [2.75, 3.05) is 5.32 Å². The quantitative estimate of drug-likeness (QED) is 0.881. The predicted molar refractivity (Wildman–Crippen MR) is 74.2 cm³/mol. The van der Waals surface area contributed by atoms with E-state index in [1.807, 2.05) is 0 Å². The van der Waals surface area contributed by atoms with E-state index in [0.717, 1.165) is 0 Å². The third-order valence-corrected chi connectivity index (χ3v) is 3.36. The maximum Gasteiger partial charge on any atom is 0.349 e. The molecular weight excluding hydrogens is 281 g/mol. The van der Waals surface area contributed by atoms with Crippen molar-refractivity contribution in [1.82, 2.24) is 0 Å². The van der Waals surface area contributed by atoms with Gasteiger partial charge in [0.05, 0.1) is 5.69 Å². The minimum atomic E-state index is -1.01. The first kappa shape index (κ1) is 14.2. The minimum Gasteiger partial charge on any atom is -0.448 e. The fourth-order valence-electron chi connectivity index (χ4n) is 1.46. The SMILES string of the molecule is C[C@@H](OC(=O)c1cccs1)C(=O)Nc1ccccc1F. The number of para-hydroxylation sites is 1. The molecule has 0 spiro atoms. The van der Waals surface area contributed by atoms with E-state index in [1.54, 1.807) is 23.6 Å². The molecule has 0 fully saturated rings. The Bertz CT molecular complexity index is 613. The molecule has 4 nitrogen and oxygen atoms in total. The van der Waals surface area contributed by atoms with Crippen LogP contribution in [0.2, 0.25) is 0 Å². The number of anilines is 1. The average Bonchev–Trinajstić information content (AvgIpc) is 2.95. The van der Waals surface area contributed by atoms with Gasteiger partial charge in [-0.15, -0.1) is 11.3 Å². The molecule has 20 heavy (non-hydrogen) atoms. The fourth-order valence-corrected chi connectivity index (χ4v) is 2.07. The lowest BCUT2D eigenvalue weighted by Gasteiger charge is -2.13. The van der Waals surface area contributed by atoms with Crippen LogP contribution in [0.5, 0.6) is 0 Å². The zero-order valence-electron chi connectivity index (χ0n) is 10.6. The second kappa shape index (κ2) is 6.29. The Balaban J connectivity index is 1.96. The molecule has 0 aliphatic carbocycles. The van der Waals surface area contributed by atoms with Crippen molar-refractivity contribution in [1.29, 1.82) is 0 Å². The first-order valence-electron chi connectivity index (χ1n) is 5.88. The van der Waals surface area contributed by atoms with E-state index < -0.39 is 23.8 Å². The molecule has 0 saturated heterocycles. The molecule has 0 aliphatic rings. The van der Waals surface area contributed by atoms with Crippen LogP contribution in [-0.4, -0.2) is 18.0 Å². The van der Waals surface area contributed by atoms with E-state index in [9.17, 15) is 14.0 Å². The van der Waals surface area contributed by atoms with Crippen molar-refractivity contribution in [2.45, 2.75) is 13.0 Å². The van der Waals surface area contributed by atoms with Gasteiger partial charge in [0.1, 0.15) is 10.7 Å². The lowest BCUT2D eigenvalue weighted by Crippen LogP contribution is -2.30. The Morgan fingerprint density at radius 3 is 2.65 bits per heavy atom. The molecule has 6 heteroatoms. The monoisotopic (exact) mass is 293 g/mol. The molecule has 1 aromatic carbocycles. The van der Waals surface area contributed by atoms with E-state index in [-0.39, 0.29) is 5.69 Å². The number of amides is 1. The molecule has 0 unspecified atom stereocenters. The number of nitrogens with one attached hydrogen (secondary N) is 1. The number of hydrogen-bond donors (Lipinski definition) is 1. The van der Waals surface area contributed by atoms with E-state index in [1.165, 1.54) is 36.5 Å². The van der Waals surface area contributed by atoms with Gasteiger partial charge in [-0.05, 0) is 30.5 Å². The Labute approximate surface area is 119 Å². The molecule has 1 amide bonds. The summed E-state index contributed by atoms with van der Waals surface area (Å²) in [5.41, 5.74) is 0.0523. The number of ether oxygens (including phenoxy) is 1. The number of thiophene rings is 1. The molecule has 2 aromatic rings. The Kier molecular flexibility index (Phi) is 4.47. The van der Waals surface area contributed by atoms with Gasteiger partial charge in [0.15, 0.2) is 6.10 Å². The van der Waals surface area contributed by atoms with Crippen LogP contribution >= 0.6 is 11.3 Å². The summed E-state index contributed by atoms with van der Waals surface area (Å²) in [5, 5.41) is 4.11. The number of hydrogen-bond acceptors (Lipinski definition) is 4. The van der Waals surface area contributed by atoms with Crippen molar-refractivity contribution < 1.29 is 18.7 Å². The van der Waals surface area contributed by atoms with Crippen molar-refractivity contribution in [3.63, 3.8) is 0 Å². The van der Waals surface area contributed by atoms with Gasteiger partial charge in [-0.25, -0.2) is 9.18 Å². The molecule has 0 aliphatic heterocycles. The fraction of sp³-hybridized carbons (Fsp3) is 0.143. The van der Waals surface area contributed by atoms with Crippen molar-refractivity contribution >= 4 is 28.9 Å². The normalized spacial score (nSPS) is 11.7. The van der Waals surface area contributed by atoms with Crippen molar-refractivity contribution in [3.05, 3.63) is 52.5 Å². The highest BCUT2D eigenvalue weighted by atomic mass is 32.1. The Hall–Kier alpha value is -2.21. The van der Waals surface area contributed by atoms with Gasteiger partial charge < -0.3 is 10.1 Å². The number of rotatable bonds is 4. The first-order chi connectivity index (χ1) is 9.58. The standard InChI is InChI=1S/C14H12FNO3S/c1-9(19-14(18)12-7-4-8-20-12)13(17)16-11-6-3-2-5-10(11)15/h2-9H,1H3,(H,16,17)/t9-/m1/s1. The zero-order valence-corrected chi connectivity index (χ0v) is 11.4. The maximum absolute atomic E-state index is 13.4. The molecular formula is C14H12FNO3S. The van der Waals surface area contributed by atoms with Gasteiger partial charge in [0, 0.05) is 0 Å². The average molecular weight is 293 g/mol. The predicted octanol–water partition coefficient (Wildman–Crippen LogP) is 3.07. The molecule has 1 heterocycles. The van der Waals surface area contributed by atoms with E-state index in [2.05, 4.69) is 5.32 Å². The summed E-state index contributed by atoms with van der Waals surface area (Å²) in [4.78, 5) is 23.9. The van der Waals surface area contributed by atoms with Crippen LogP contribution in [0.1, 0.15) is 16.6 Å². The molecule has 1 atom stereocenters. The number of carbonyl (C=O) groups is 2. The largest absolute Gasteiger partial charge is 0.448 e. The lowest BCUT2D eigenvalue weighted by molar-refractivity contribution is -0.123. The van der Waals surface area contributed by atoms with Gasteiger partial charge in [-0.2, -0.15) is 0 Å². The van der Waals surface area contributed by atoms with Gasteiger partial charge in [-0.1, -0.05) is 18.2 Å². The highest BCUT2D eigenvalue weighted by molar-refractivity contribution is 7.11. The minimum absolute atomic E-state index is 0.0523. The molecule has 0 radical (unpaired) electrons. The second-order valence-electron chi connectivity index (χ2n) is 3.99. The highest BCUT2D eigenvalue weighted by Gasteiger charge is 2.20. The number of benzene rings is 1. The van der Waals surface area contributed by atoms with Crippen LogP contribution < -0.4 is 5.32 Å². The first-order valence-corrected chi connectivity index (χ1v) is 6.76. The molecule has 1 N–H and O–H groups in total. The van der Waals surface area contributed by atoms with Crippen molar-refractivity contribution in [3.8, 4) is 0 Å². The van der Waals surface area contributed by atoms with E-state index in [0.29, 0.717) is 4.88 Å². The summed E-state index contributed by atoms with van der Waals surface area (Å²) in [6.07, 6.45) is -1.01. The van der Waals surface area contributed by atoms with Gasteiger partial charge in [0.25, 0.3) is 5.91 Å². The van der Waals surface area contributed by atoms with Crippen LogP contribution in [0.25, 0.3) is 0 Å². The van der Waals surface area contributed by atoms with Crippen molar-refractivity contribution in [2.24, 2.45) is 0 Å². The van der Waals surface area contributed by atoms with Gasteiger partial charge >= 0.3 is 5.97 Å². The topological polar surface area (TPSA) is 55.4 Å². The third-order valence-electron chi connectivity index (χ3n) is 2.51. The summed E-state index contributed by atoms with van der Waals surface area (Å²) in [6, 6.07) is 9.10. The van der Waals surface area contributed by atoms with E-state index >= 15 is 0 Å². The summed E-state index contributed by atoms with van der Waals surface area (Å²) in [5.74, 6) is -1.70. The van der Waals surface area contributed by atoms with Crippen LogP contribution in [0.3, 0.4) is 0 Å². The third kappa shape index (κ3) is 3.42. The smallest absolute Gasteiger partial charge is 0.349 e. The van der Waals surface area contributed by atoms with Crippen LogP contribution in [-0.2, 0) is 9.53 Å². The van der Waals surface area contributed by atoms with Crippen LogP contribution in [0, 0.1) is 5.82 Å². The molecule has 2 rings (SSSR count). The maximum atomic E-state index is 13.4. The van der Waals surface area contributed by atoms with Gasteiger partial charge in [-0.3, -0.25) is 4.79 Å². The molecule has 1 aromatic heterocycles. The van der Waals surface area contributed by atoms with E-state index in [4.69, 9.17) is 4.74 Å². The summed E-state index contributed by atoms with van der Waals surface area (Å²) in [7, 11) is 0. The lowest BCUT2D eigenvalue weighted by atomic mass is 10.3. The summed E-state index contributed by atoms with van der Waals surface area (Å²) in [6.45, 7) is 1.43. The summed E-state index contributed by atoms with van der Waals surface area (Å²) < 4.78 is 18.4. The van der Waals surface area contributed by atoms with Crippen LogP contribution in [0.15, 0.2) is 41.8 Å². The highest BCUT2D eigenvalue weighted by Crippen LogP contribution is 2.14. The number of halogens is 1. The van der Waals surface area contributed by atoms with Crippen LogP contribution in [0.4, 0.5) is 10.1 Å². The number of carbonyl (C=O) groups excluding carboxylic acids is 2. The number of esters is 1. The molecule has 0 bridgehead atoms. The second-order valence-corrected chi connectivity index (χ2v) is 4.94. The zero-order chi connectivity index (χ0) is 14.5. The molecule has 0 saturated carbocycles. The Morgan fingerprint density at radius 2 is 2.00 bits per heavy atom. The summed E-state index contributed by atoms with van der Waals surface area (Å²) >= 11 is 1.22.